The SMILES string of the molecule is C=C(C)C(=O)OCCOC(=O)CCCCCOC(=O)CCCCCOC(=O)CCCCCOC(=O)CCCCCOC(=O)CCCCCO. The normalized spacial score (nSPS) is 10.6. The number of unbranched alkanes of at least 4 members (excludes halogenated alkanes) is 10. The smallest absolute Gasteiger partial charge is 0.333 e. The van der Waals surface area contributed by atoms with Gasteiger partial charge in [0.25, 0.3) is 0 Å². The average molecular weight is 701 g/mol. The standard InChI is InChI=1S/C36H60O13/c1-30(2)36(43)49-29-28-48-35(42)22-12-7-17-27-47-34(41)21-11-6-16-26-46-33(40)20-10-5-15-25-45-32(39)19-9-4-14-24-44-31(38)18-8-3-13-23-37/h37H,1,3-29H2,2H3. The van der Waals surface area contributed by atoms with Crippen molar-refractivity contribution in [2.45, 2.75) is 135 Å². The van der Waals surface area contributed by atoms with Gasteiger partial charge in [-0.1, -0.05) is 13.0 Å². The van der Waals surface area contributed by atoms with Crippen LogP contribution in [0.4, 0.5) is 0 Å². The van der Waals surface area contributed by atoms with Gasteiger partial charge in [-0.25, -0.2) is 4.79 Å². The van der Waals surface area contributed by atoms with Crippen LogP contribution in [0.25, 0.3) is 0 Å². The third-order valence-electron chi connectivity index (χ3n) is 7.12. The Kier molecular flexibility index (Phi) is 30.7. The van der Waals surface area contributed by atoms with E-state index in [2.05, 4.69) is 6.58 Å². The van der Waals surface area contributed by atoms with Crippen molar-refractivity contribution < 1.29 is 62.3 Å². The summed E-state index contributed by atoms with van der Waals surface area (Å²) in [4.78, 5) is 70.0. The monoisotopic (exact) mass is 700 g/mol. The Morgan fingerprint density at radius 2 is 0.653 bits per heavy atom. The number of carbonyl (C=O) groups excluding carboxylic acids is 6. The number of aliphatic hydroxyl groups excluding tert-OH is 1. The Bertz CT molecular complexity index is 947. The largest absolute Gasteiger partial charge is 0.466 e. The van der Waals surface area contributed by atoms with Gasteiger partial charge in [-0.3, -0.25) is 24.0 Å². The van der Waals surface area contributed by atoms with E-state index < -0.39 is 5.97 Å². The van der Waals surface area contributed by atoms with Gasteiger partial charge < -0.3 is 33.5 Å². The number of hydrogen-bond acceptors (Lipinski definition) is 13. The van der Waals surface area contributed by atoms with Crippen LogP contribution in [0.1, 0.15) is 135 Å². The molecule has 0 saturated carbocycles. The van der Waals surface area contributed by atoms with Crippen LogP contribution in [-0.2, 0) is 57.2 Å². The Balaban J connectivity index is 3.47. The maximum Gasteiger partial charge on any atom is 0.333 e. The van der Waals surface area contributed by atoms with Crippen LogP contribution >= 0.6 is 0 Å². The molecule has 0 bridgehead atoms. The molecule has 0 fully saturated rings. The van der Waals surface area contributed by atoms with Gasteiger partial charge in [0.2, 0.25) is 0 Å². The first kappa shape index (κ1) is 45.5. The van der Waals surface area contributed by atoms with Crippen LogP contribution in [-0.4, -0.2) is 87.2 Å². The van der Waals surface area contributed by atoms with E-state index in [-0.39, 0.29) is 61.7 Å². The van der Waals surface area contributed by atoms with Crippen LogP contribution in [0, 0.1) is 0 Å². The van der Waals surface area contributed by atoms with Crippen molar-refractivity contribution in [2.75, 3.05) is 46.2 Å². The van der Waals surface area contributed by atoms with E-state index >= 15 is 0 Å². The Hall–Kier alpha value is -3.48. The minimum atomic E-state index is -0.521. The van der Waals surface area contributed by atoms with Crippen LogP contribution < -0.4 is 0 Å². The summed E-state index contributed by atoms with van der Waals surface area (Å²) in [5, 5.41) is 8.72. The van der Waals surface area contributed by atoms with Crippen molar-refractivity contribution in [1.82, 2.24) is 0 Å². The Morgan fingerprint density at radius 1 is 0.388 bits per heavy atom. The van der Waals surface area contributed by atoms with Gasteiger partial charge in [0.05, 0.1) is 26.4 Å². The summed E-state index contributed by atoms with van der Waals surface area (Å²) in [5.41, 5.74) is 0.284. The first-order valence-corrected chi connectivity index (χ1v) is 17.9. The lowest BCUT2D eigenvalue weighted by atomic mass is 10.2. The first-order chi connectivity index (χ1) is 23.6. The maximum atomic E-state index is 11.9. The van der Waals surface area contributed by atoms with Crippen molar-refractivity contribution >= 4 is 35.8 Å². The molecule has 0 amide bonds. The summed E-state index contributed by atoms with van der Waals surface area (Å²) < 4.78 is 30.6. The first-order valence-electron chi connectivity index (χ1n) is 17.9. The minimum Gasteiger partial charge on any atom is -0.466 e. The summed E-state index contributed by atoms with van der Waals surface area (Å²) in [5.74, 6) is -1.90. The molecule has 282 valence electrons. The zero-order valence-electron chi connectivity index (χ0n) is 29.6. The third-order valence-corrected chi connectivity index (χ3v) is 7.12. The van der Waals surface area contributed by atoms with Gasteiger partial charge in [0, 0.05) is 44.3 Å². The van der Waals surface area contributed by atoms with Gasteiger partial charge in [-0.15, -0.1) is 0 Å². The molecule has 0 aliphatic carbocycles. The van der Waals surface area contributed by atoms with Crippen LogP contribution in [0.15, 0.2) is 12.2 Å². The number of carbonyl (C=O) groups is 6. The molecule has 0 aliphatic rings. The van der Waals surface area contributed by atoms with E-state index in [4.69, 9.17) is 33.5 Å². The molecule has 13 nitrogen and oxygen atoms in total. The minimum absolute atomic E-state index is 0.00177. The van der Waals surface area contributed by atoms with Crippen LogP contribution in [0.3, 0.4) is 0 Å². The van der Waals surface area contributed by atoms with Gasteiger partial charge in [0.1, 0.15) is 13.2 Å². The highest BCUT2D eigenvalue weighted by molar-refractivity contribution is 5.86. The quantitative estimate of drug-likeness (QED) is 0.0387. The number of aliphatic hydroxyl groups is 1. The molecule has 0 spiro atoms. The lowest BCUT2D eigenvalue weighted by Gasteiger charge is -2.07. The predicted octanol–water partition coefficient (Wildman–Crippen LogP) is 5.62. The maximum absolute atomic E-state index is 11.9. The lowest BCUT2D eigenvalue weighted by Crippen LogP contribution is -2.14. The van der Waals surface area contributed by atoms with E-state index in [9.17, 15) is 28.8 Å². The molecule has 13 heteroatoms. The van der Waals surface area contributed by atoms with Gasteiger partial charge >= 0.3 is 35.8 Å². The second kappa shape index (κ2) is 33.0. The lowest BCUT2D eigenvalue weighted by molar-refractivity contribution is -0.150. The number of rotatable bonds is 33. The molecule has 0 saturated heterocycles. The number of hydrogen-bond donors (Lipinski definition) is 1. The fourth-order valence-corrected chi connectivity index (χ4v) is 4.27. The highest BCUT2D eigenvalue weighted by Crippen LogP contribution is 2.08. The Labute approximate surface area is 291 Å². The highest BCUT2D eigenvalue weighted by atomic mass is 16.6. The van der Waals surface area contributed by atoms with E-state index in [1.54, 1.807) is 0 Å². The zero-order chi connectivity index (χ0) is 36.4. The van der Waals surface area contributed by atoms with Crippen LogP contribution in [0.2, 0.25) is 0 Å². The molecular formula is C36H60O13. The van der Waals surface area contributed by atoms with E-state index in [0.717, 1.165) is 32.1 Å². The second-order valence-corrected chi connectivity index (χ2v) is 11.8. The molecule has 0 heterocycles. The van der Waals surface area contributed by atoms with Crippen LogP contribution in [0.5, 0.6) is 0 Å². The molecule has 0 unspecified atom stereocenters. The van der Waals surface area contributed by atoms with Gasteiger partial charge in [-0.05, 0) is 96.8 Å². The molecule has 0 aromatic carbocycles. The van der Waals surface area contributed by atoms with Crippen molar-refractivity contribution in [3.63, 3.8) is 0 Å². The third kappa shape index (κ3) is 32.8. The molecule has 0 aromatic heterocycles. The number of ether oxygens (including phenoxy) is 6. The molecule has 0 aromatic rings. The van der Waals surface area contributed by atoms with Crippen molar-refractivity contribution in [3.8, 4) is 0 Å². The summed E-state index contributed by atoms with van der Waals surface area (Å²) >= 11 is 0. The predicted molar refractivity (Wildman–Crippen MR) is 180 cm³/mol. The fourth-order valence-electron chi connectivity index (χ4n) is 4.27. The second-order valence-electron chi connectivity index (χ2n) is 11.8. The molecule has 1 N–H and O–H groups in total. The van der Waals surface area contributed by atoms with Gasteiger partial charge in [0.15, 0.2) is 0 Å². The van der Waals surface area contributed by atoms with E-state index in [1.165, 1.54) is 6.92 Å². The summed E-state index contributed by atoms with van der Waals surface area (Å²) in [6.45, 7) is 6.40. The summed E-state index contributed by atoms with van der Waals surface area (Å²) in [6, 6.07) is 0. The van der Waals surface area contributed by atoms with Crippen molar-refractivity contribution in [1.29, 1.82) is 0 Å². The van der Waals surface area contributed by atoms with E-state index in [0.29, 0.717) is 116 Å². The number of esters is 6. The highest BCUT2D eigenvalue weighted by Gasteiger charge is 2.08. The van der Waals surface area contributed by atoms with Crippen molar-refractivity contribution in [2.24, 2.45) is 0 Å². The molecule has 49 heavy (non-hydrogen) atoms. The molecule has 0 atom stereocenters. The molecule has 0 radical (unpaired) electrons. The summed E-state index contributed by atoms with van der Waals surface area (Å²) in [7, 11) is 0. The zero-order valence-corrected chi connectivity index (χ0v) is 29.6. The summed E-state index contributed by atoms with van der Waals surface area (Å²) in [6.07, 6.45) is 12.0. The molecule has 0 aliphatic heterocycles. The Morgan fingerprint density at radius 3 is 0.939 bits per heavy atom. The van der Waals surface area contributed by atoms with E-state index in [1.807, 2.05) is 0 Å². The topological polar surface area (TPSA) is 178 Å². The van der Waals surface area contributed by atoms with Crippen molar-refractivity contribution in [3.05, 3.63) is 12.2 Å². The molecule has 0 rings (SSSR count). The van der Waals surface area contributed by atoms with Gasteiger partial charge in [-0.2, -0.15) is 0 Å². The molecular weight excluding hydrogens is 640 g/mol. The average Bonchev–Trinajstić information content (AvgIpc) is 3.07. The fraction of sp³-hybridized carbons (Fsp3) is 0.778.